The summed E-state index contributed by atoms with van der Waals surface area (Å²) in [7, 11) is 0. The summed E-state index contributed by atoms with van der Waals surface area (Å²) in [6, 6.07) is 9.38. The smallest absolute Gasteiger partial charge is 0.0505 e. The van der Waals surface area contributed by atoms with Crippen molar-refractivity contribution in [1.29, 1.82) is 0 Å². The predicted octanol–water partition coefficient (Wildman–Crippen LogP) is 3.23. The number of piperazine rings is 1. The van der Waals surface area contributed by atoms with Gasteiger partial charge in [0.1, 0.15) is 0 Å². The molecule has 0 radical (unpaired) electrons. The fourth-order valence-electron chi connectivity index (χ4n) is 2.55. The molecule has 0 aliphatic carbocycles. The van der Waals surface area contributed by atoms with Gasteiger partial charge in [0.25, 0.3) is 0 Å². The first-order valence-electron chi connectivity index (χ1n) is 6.87. The van der Waals surface area contributed by atoms with E-state index in [1.54, 1.807) is 0 Å². The highest BCUT2D eigenvalue weighted by Gasteiger charge is 2.24. The third-order valence-corrected chi connectivity index (χ3v) is 4.75. The van der Waals surface area contributed by atoms with E-state index in [2.05, 4.69) is 54.6 Å². The molecule has 0 spiro atoms. The standard InChI is InChI=1S/C15H24N2S/c1-4-12(2)13-11-17(10-9-16-13)14-7-5-6-8-15(14)18-3/h5-8,12-13,16H,4,9-11H2,1-3H3. The van der Waals surface area contributed by atoms with E-state index in [1.807, 2.05) is 11.8 Å². The lowest BCUT2D eigenvalue weighted by molar-refractivity contribution is 0.341. The second-order valence-electron chi connectivity index (χ2n) is 5.06. The van der Waals surface area contributed by atoms with Crippen molar-refractivity contribution in [3.63, 3.8) is 0 Å². The van der Waals surface area contributed by atoms with Crippen LogP contribution in [0.3, 0.4) is 0 Å². The van der Waals surface area contributed by atoms with E-state index in [0.717, 1.165) is 25.6 Å². The third kappa shape index (κ3) is 3.01. The van der Waals surface area contributed by atoms with Gasteiger partial charge in [0.05, 0.1) is 5.69 Å². The molecule has 0 saturated carbocycles. The van der Waals surface area contributed by atoms with Crippen molar-refractivity contribution in [2.75, 3.05) is 30.8 Å². The lowest BCUT2D eigenvalue weighted by Crippen LogP contribution is -2.53. The molecule has 1 fully saturated rings. The molecule has 0 bridgehead atoms. The average Bonchev–Trinajstić information content (AvgIpc) is 2.46. The summed E-state index contributed by atoms with van der Waals surface area (Å²) >= 11 is 1.84. The van der Waals surface area contributed by atoms with Crippen LogP contribution >= 0.6 is 11.8 Å². The molecule has 1 aromatic rings. The number of nitrogens with one attached hydrogen (secondary N) is 1. The predicted molar refractivity (Wildman–Crippen MR) is 81.7 cm³/mol. The molecular formula is C15H24N2S. The molecule has 18 heavy (non-hydrogen) atoms. The van der Waals surface area contributed by atoms with Gasteiger partial charge < -0.3 is 10.2 Å². The Bertz CT molecular complexity index is 381. The molecule has 2 rings (SSSR count). The highest BCUT2D eigenvalue weighted by Crippen LogP contribution is 2.29. The first kappa shape index (κ1) is 13.8. The maximum absolute atomic E-state index is 3.66. The van der Waals surface area contributed by atoms with Gasteiger partial charge in [-0.2, -0.15) is 0 Å². The Kier molecular flexibility index (Phi) is 4.95. The second kappa shape index (κ2) is 6.48. The van der Waals surface area contributed by atoms with Crippen molar-refractivity contribution in [3.05, 3.63) is 24.3 Å². The molecule has 0 amide bonds. The van der Waals surface area contributed by atoms with Crippen molar-refractivity contribution in [1.82, 2.24) is 5.32 Å². The number of hydrogen-bond acceptors (Lipinski definition) is 3. The summed E-state index contributed by atoms with van der Waals surface area (Å²) in [4.78, 5) is 3.93. The molecule has 2 unspecified atom stereocenters. The molecule has 1 aromatic carbocycles. The average molecular weight is 264 g/mol. The number of thioether (sulfide) groups is 1. The Morgan fingerprint density at radius 1 is 1.44 bits per heavy atom. The highest BCUT2D eigenvalue weighted by molar-refractivity contribution is 7.98. The van der Waals surface area contributed by atoms with E-state index >= 15 is 0 Å². The summed E-state index contributed by atoms with van der Waals surface area (Å²) in [6.07, 6.45) is 3.41. The van der Waals surface area contributed by atoms with Crippen LogP contribution in [0.25, 0.3) is 0 Å². The van der Waals surface area contributed by atoms with Crippen LogP contribution in [-0.2, 0) is 0 Å². The molecule has 1 N–H and O–H groups in total. The molecule has 0 aromatic heterocycles. The maximum atomic E-state index is 3.66. The minimum Gasteiger partial charge on any atom is -0.368 e. The molecule has 1 saturated heterocycles. The second-order valence-corrected chi connectivity index (χ2v) is 5.91. The Morgan fingerprint density at radius 3 is 2.94 bits per heavy atom. The normalized spacial score (nSPS) is 21.9. The van der Waals surface area contributed by atoms with E-state index in [9.17, 15) is 0 Å². The van der Waals surface area contributed by atoms with Gasteiger partial charge in [0.15, 0.2) is 0 Å². The molecule has 100 valence electrons. The largest absolute Gasteiger partial charge is 0.368 e. The Hall–Kier alpha value is -0.670. The number of rotatable bonds is 4. The quantitative estimate of drug-likeness (QED) is 0.841. The Balaban J connectivity index is 2.13. The van der Waals surface area contributed by atoms with Crippen LogP contribution in [0.1, 0.15) is 20.3 Å². The van der Waals surface area contributed by atoms with Crippen LogP contribution in [0.5, 0.6) is 0 Å². The topological polar surface area (TPSA) is 15.3 Å². The Labute approximate surface area is 115 Å². The van der Waals surface area contributed by atoms with Crippen molar-refractivity contribution in [2.24, 2.45) is 5.92 Å². The zero-order valence-electron chi connectivity index (χ0n) is 11.6. The minimum atomic E-state index is 0.624. The van der Waals surface area contributed by atoms with Crippen LogP contribution in [0.15, 0.2) is 29.2 Å². The van der Waals surface area contributed by atoms with Gasteiger partial charge in [-0.15, -0.1) is 11.8 Å². The van der Waals surface area contributed by atoms with E-state index in [4.69, 9.17) is 0 Å². The number of hydrogen-bond donors (Lipinski definition) is 1. The fraction of sp³-hybridized carbons (Fsp3) is 0.600. The fourth-order valence-corrected chi connectivity index (χ4v) is 3.17. The molecule has 2 nitrogen and oxygen atoms in total. The van der Waals surface area contributed by atoms with Gasteiger partial charge in [0.2, 0.25) is 0 Å². The molecular weight excluding hydrogens is 240 g/mol. The monoisotopic (exact) mass is 264 g/mol. The van der Waals surface area contributed by atoms with Gasteiger partial charge in [0, 0.05) is 30.6 Å². The van der Waals surface area contributed by atoms with Gasteiger partial charge >= 0.3 is 0 Å². The first-order valence-corrected chi connectivity index (χ1v) is 8.10. The van der Waals surface area contributed by atoms with Crippen LogP contribution in [0.2, 0.25) is 0 Å². The van der Waals surface area contributed by atoms with E-state index in [0.29, 0.717) is 6.04 Å². The van der Waals surface area contributed by atoms with Crippen molar-refractivity contribution >= 4 is 17.4 Å². The van der Waals surface area contributed by atoms with Crippen LogP contribution in [-0.4, -0.2) is 31.9 Å². The number of para-hydroxylation sites is 1. The highest BCUT2D eigenvalue weighted by atomic mass is 32.2. The molecule has 3 heteroatoms. The Morgan fingerprint density at radius 2 is 2.22 bits per heavy atom. The minimum absolute atomic E-state index is 0.624. The van der Waals surface area contributed by atoms with E-state index < -0.39 is 0 Å². The zero-order valence-corrected chi connectivity index (χ0v) is 12.5. The maximum Gasteiger partial charge on any atom is 0.0505 e. The SMILES string of the molecule is CCC(C)C1CN(c2ccccc2SC)CCN1. The van der Waals surface area contributed by atoms with Gasteiger partial charge in [-0.3, -0.25) is 0 Å². The summed E-state index contributed by atoms with van der Waals surface area (Å²) in [5, 5.41) is 3.66. The lowest BCUT2D eigenvalue weighted by atomic mass is 9.97. The van der Waals surface area contributed by atoms with Crippen molar-refractivity contribution < 1.29 is 0 Å². The summed E-state index contributed by atoms with van der Waals surface area (Å²) in [5.41, 5.74) is 1.40. The molecule has 1 heterocycles. The number of nitrogens with zero attached hydrogens (tertiary/aromatic N) is 1. The third-order valence-electron chi connectivity index (χ3n) is 3.96. The van der Waals surface area contributed by atoms with Crippen molar-refractivity contribution in [2.45, 2.75) is 31.2 Å². The molecule has 1 aliphatic heterocycles. The van der Waals surface area contributed by atoms with Crippen molar-refractivity contribution in [3.8, 4) is 0 Å². The number of benzene rings is 1. The van der Waals surface area contributed by atoms with Crippen LogP contribution < -0.4 is 10.2 Å². The van der Waals surface area contributed by atoms with Gasteiger partial charge in [-0.25, -0.2) is 0 Å². The first-order chi connectivity index (χ1) is 8.76. The summed E-state index contributed by atoms with van der Waals surface area (Å²) in [6.45, 7) is 7.97. The number of anilines is 1. The molecule has 2 atom stereocenters. The molecule has 1 aliphatic rings. The lowest BCUT2D eigenvalue weighted by Gasteiger charge is -2.38. The summed E-state index contributed by atoms with van der Waals surface area (Å²) in [5.74, 6) is 0.745. The zero-order chi connectivity index (χ0) is 13.0. The van der Waals surface area contributed by atoms with E-state index in [1.165, 1.54) is 17.0 Å². The summed E-state index contributed by atoms with van der Waals surface area (Å²) < 4.78 is 0. The van der Waals surface area contributed by atoms with Crippen LogP contribution in [0.4, 0.5) is 5.69 Å². The van der Waals surface area contributed by atoms with Gasteiger partial charge in [-0.1, -0.05) is 32.4 Å². The van der Waals surface area contributed by atoms with E-state index in [-0.39, 0.29) is 0 Å². The van der Waals surface area contributed by atoms with Gasteiger partial charge in [-0.05, 0) is 24.3 Å². The van der Waals surface area contributed by atoms with Crippen LogP contribution in [0, 0.1) is 5.92 Å².